The Labute approximate surface area is 111 Å². The van der Waals surface area contributed by atoms with Crippen LogP contribution in [0.1, 0.15) is 38.4 Å². The van der Waals surface area contributed by atoms with Gasteiger partial charge < -0.3 is 4.90 Å². The summed E-state index contributed by atoms with van der Waals surface area (Å²) >= 11 is 0. The Morgan fingerprint density at radius 1 is 1.68 bits per heavy atom. The number of likely N-dealkylation sites (tertiary alicyclic amines) is 1. The fraction of sp³-hybridized carbons (Fsp3) is 0.615. The second-order valence-corrected chi connectivity index (χ2v) is 4.96. The Balaban J connectivity index is 1.94. The summed E-state index contributed by atoms with van der Waals surface area (Å²) in [5.74, 6) is 0.227. The predicted octanol–water partition coefficient (Wildman–Crippen LogP) is 1.28. The Morgan fingerprint density at radius 3 is 3.11 bits per heavy atom. The molecule has 104 valence electrons. The molecule has 2 heterocycles. The summed E-state index contributed by atoms with van der Waals surface area (Å²) in [5, 5.41) is 3.69. The third kappa shape index (κ3) is 3.13. The van der Waals surface area contributed by atoms with Gasteiger partial charge in [-0.15, -0.1) is 0 Å². The molecule has 0 aromatic carbocycles. The number of nitrogens with zero attached hydrogens (tertiary/aromatic N) is 2. The van der Waals surface area contributed by atoms with Crippen LogP contribution in [0.2, 0.25) is 0 Å². The smallest absolute Gasteiger partial charge is 0.342 e. The van der Waals surface area contributed by atoms with Gasteiger partial charge in [0.1, 0.15) is 0 Å². The number of rotatable bonds is 4. The number of amides is 1. The van der Waals surface area contributed by atoms with Crippen LogP contribution in [0.5, 0.6) is 0 Å². The molecule has 1 aliphatic rings. The summed E-state index contributed by atoms with van der Waals surface area (Å²) in [7, 11) is 0. The van der Waals surface area contributed by atoms with E-state index in [9.17, 15) is 9.59 Å². The molecule has 2 atom stereocenters. The van der Waals surface area contributed by atoms with Crippen molar-refractivity contribution >= 4 is 5.91 Å². The lowest BCUT2D eigenvalue weighted by molar-refractivity contribution is -0.133. The molecule has 0 bridgehead atoms. The summed E-state index contributed by atoms with van der Waals surface area (Å²) in [6.07, 6.45) is 5.53. The lowest BCUT2D eigenvalue weighted by Gasteiger charge is -2.19. The highest BCUT2D eigenvalue weighted by Gasteiger charge is 2.31. The molecule has 0 aliphatic carbocycles. The fourth-order valence-corrected chi connectivity index (χ4v) is 2.35. The Morgan fingerprint density at radius 2 is 2.47 bits per heavy atom. The van der Waals surface area contributed by atoms with Crippen LogP contribution in [0.3, 0.4) is 0 Å². The lowest BCUT2D eigenvalue weighted by atomic mass is 10.1. The molecule has 1 aromatic rings. The van der Waals surface area contributed by atoms with Crippen molar-refractivity contribution in [1.29, 1.82) is 0 Å². The van der Waals surface area contributed by atoms with E-state index in [1.54, 1.807) is 0 Å². The fourth-order valence-electron chi connectivity index (χ4n) is 2.35. The van der Waals surface area contributed by atoms with Crippen molar-refractivity contribution in [3.8, 4) is 0 Å². The highest BCUT2D eigenvalue weighted by atomic mass is 16.5. The van der Waals surface area contributed by atoms with Crippen molar-refractivity contribution in [3.05, 3.63) is 28.5 Å². The van der Waals surface area contributed by atoms with E-state index >= 15 is 0 Å². The Bertz CT molecular complexity index is 517. The molecular weight excluding hydrogens is 246 g/mol. The van der Waals surface area contributed by atoms with Crippen LogP contribution < -0.4 is 5.76 Å². The molecule has 1 amide bonds. The first-order valence-electron chi connectivity index (χ1n) is 6.57. The van der Waals surface area contributed by atoms with Crippen molar-refractivity contribution in [2.45, 2.75) is 32.6 Å². The largest absolute Gasteiger partial charge is 0.438 e. The van der Waals surface area contributed by atoms with Crippen molar-refractivity contribution in [2.24, 2.45) is 5.92 Å². The monoisotopic (exact) mass is 265 g/mol. The van der Waals surface area contributed by atoms with Crippen LogP contribution in [-0.4, -0.2) is 34.0 Å². The van der Waals surface area contributed by atoms with Gasteiger partial charge in [0.05, 0.1) is 0 Å². The number of allylic oxidation sites excluding steroid dienone is 2. The van der Waals surface area contributed by atoms with Crippen molar-refractivity contribution in [3.63, 3.8) is 0 Å². The minimum Gasteiger partial charge on any atom is -0.342 e. The zero-order chi connectivity index (χ0) is 13.8. The van der Waals surface area contributed by atoms with Gasteiger partial charge in [0.25, 0.3) is 0 Å². The molecule has 2 unspecified atom stereocenters. The number of aromatic nitrogens is 2. The molecule has 0 spiro atoms. The van der Waals surface area contributed by atoms with Gasteiger partial charge >= 0.3 is 5.76 Å². The summed E-state index contributed by atoms with van der Waals surface area (Å²) in [4.78, 5) is 27.5. The maximum Gasteiger partial charge on any atom is 0.438 e. The number of carbonyl (C=O) groups excluding carboxylic acids is 1. The van der Waals surface area contributed by atoms with E-state index in [0.717, 1.165) is 12.8 Å². The van der Waals surface area contributed by atoms with Gasteiger partial charge in [-0.3, -0.25) is 14.3 Å². The van der Waals surface area contributed by atoms with Gasteiger partial charge in [-0.05, 0) is 19.8 Å². The molecule has 0 saturated carbocycles. The SMILES string of the molecule is C/C=C/CC(C)C(=O)N1CCC(c2noc(=O)[nH]2)C1. The third-order valence-corrected chi connectivity index (χ3v) is 3.49. The summed E-state index contributed by atoms with van der Waals surface area (Å²) in [6, 6.07) is 0. The highest BCUT2D eigenvalue weighted by molar-refractivity contribution is 5.79. The number of carbonyl (C=O) groups is 1. The van der Waals surface area contributed by atoms with Gasteiger partial charge in [0.15, 0.2) is 5.82 Å². The van der Waals surface area contributed by atoms with Crippen LogP contribution in [-0.2, 0) is 4.79 Å². The van der Waals surface area contributed by atoms with E-state index in [0.29, 0.717) is 18.9 Å². The first-order valence-corrected chi connectivity index (χ1v) is 6.57. The van der Waals surface area contributed by atoms with Crippen LogP contribution >= 0.6 is 0 Å². The zero-order valence-corrected chi connectivity index (χ0v) is 11.3. The topological polar surface area (TPSA) is 79.2 Å². The van der Waals surface area contributed by atoms with Crippen molar-refractivity contribution in [1.82, 2.24) is 15.0 Å². The third-order valence-electron chi connectivity index (χ3n) is 3.49. The first kappa shape index (κ1) is 13.6. The number of nitrogens with one attached hydrogen (secondary N) is 1. The van der Waals surface area contributed by atoms with Crippen LogP contribution in [0.15, 0.2) is 21.5 Å². The van der Waals surface area contributed by atoms with Crippen molar-refractivity contribution in [2.75, 3.05) is 13.1 Å². The van der Waals surface area contributed by atoms with E-state index in [1.165, 1.54) is 0 Å². The minimum atomic E-state index is -0.541. The second-order valence-electron chi connectivity index (χ2n) is 4.96. The van der Waals surface area contributed by atoms with E-state index in [1.807, 2.05) is 30.9 Å². The quantitative estimate of drug-likeness (QED) is 0.832. The molecule has 19 heavy (non-hydrogen) atoms. The maximum absolute atomic E-state index is 12.2. The molecule has 1 saturated heterocycles. The Kier molecular flexibility index (Phi) is 4.19. The predicted molar refractivity (Wildman–Crippen MR) is 69.7 cm³/mol. The van der Waals surface area contributed by atoms with Crippen LogP contribution in [0.4, 0.5) is 0 Å². The molecule has 1 aliphatic heterocycles. The van der Waals surface area contributed by atoms with Gasteiger partial charge in [-0.2, -0.15) is 0 Å². The lowest BCUT2D eigenvalue weighted by Crippen LogP contribution is -2.33. The van der Waals surface area contributed by atoms with Crippen LogP contribution in [0, 0.1) is 5.92 Å². The number of hydrogen-bond acceptors (Lipinski definition) is 4. The molecule has 1 aromatic heterocycles. The molecule has 6 nitrogen and oxygen atoms in total. The zero-order valence-electron chi connectivity index (χ0n) is 11.3. The summed E-state index contributed by atoms with van der Waals surface area (Å²) < 4.78 is 4.50. The average molecular weight is 265 g/mol. The summed E-state index contributed by atoms with van der Waals surface area (Å²) in [6.45, 7) is 5.19. The number of H-pyrrole nitrogens is 1. The molecule has 0 radical (unpaired) electrons. The normalized spacial score (nSPS) is 21.2. The number of hydrogen-bond donors (Lipinski definition) is 1. The average Bonchev–Trinajstić information content (AvgIpc) is 3.03. The minimum absolute atomic E-state index is 0.00805. The van der Waals surface area contributed by atoms with Gasteiger partial charge in [0.2, 0.25) is 5.91 Å². The second kappa shape index (κ2) is 5.86. The standard InChI is InChI=1S/C13H19N3O3/c1-3-4-5-9(2)12(17)16-7-6-10(8-16)11-14-13(18)19-15-11/h3-4,9-10H,5-8H2,1-2H3,(H,14,15,18)/b4-3+. The van der Waals surface area contributed by atoms with Gasteiger partial charge in [-0.25, -0.2) is 4.79 Å². The van der Waals surface area contributed by atoms with Crippen LogP contribution in [0.25, 0.3) is 0 Å². The van der Waals surface area contributed by atoms with E-state index < -0.39 is 5.76 Å². The number of aromatic amines is 1. The van der Waals surface area contributed by atoms with E-state index in [-0.39, 0.29) is 17.7 Å². The molecule has 6 heteroatoms. The Hall–Kier alpha value is -1.85. The van der Waals surface area contributed by atoms with E-state index in [4.69, 9.17) is 0 Å². The summed E-state index contributed by atoms with van der Waals surface area (Å²) in [5.41, 5.74) is 0. The van der Waals surface area contributed by atoms with E-state index in [2.05, 4.69) is 14.7 Å². The first-order chi connectivity index (χ1) is 9.11. The molecule has 2 rings (SSSR count). The molecule has 1 fully saturated rings. The molecular formula is C13H19N3O3. The van der Waals surface area contributed by atoms with Crippen molar-refractivity contribution < 1.29 is 9.32 Å². The maximum atomic E-state index is 12.2. The van der Waals surface area contributed by atoms with Gasteiger partial charge in [0, 0.05) is 24.9 Å². The van der Waals surface area contributed by atoms with Gasteiger partial charge in [-0.1, -0.05) is 24.2 Å². The highest BCUT2D eigenvalue weighted by Crippen LogP contribution is 2.25. The molecule has 1 N–H and O–H groups in total.